The fourth-order valence-corrected chi connectivity index (χ4v) is 2.47. The summed E-state index contributed by atoms with van der Waals surface area (Å²) in [5.74, 6) is 2.41. The van der Waals surface area contributed by atoms with Crippen LogP contribution in [-0.4, -0.2) is 38.5 Å². The third kappa shape index (κ3) is 5.90. The summed E-state index contributed by atoms with van der Waals surface area (Å²) in [4.78, 5) is 11.9. The molecule has 0 aliphatic carbocycles. The molecule has 1 N–H and O–H groups in total. The normalized spacial score (nSPS) is 12.6. The number of amides is 1. The van der Waals surface area contributed by atoms with Gasteiger partial charge in [-0.3, -0.25) is 4.79 Å². The molecule has 28 heavy (non-hydrogen) atoms. The summed E-state index contributed by atoms with van der Waals surface area (Å²) in [6.45, 7) is 3.75. The van der Waals surface area contributed by atoms with Crippen molar-refractivity contribution in [1.29, 1.82) is 0 Å². The van der Waals surface area contributed by atoms with Crippen molar-refractivity contribution in [3.05, 3.63) is 48.0 Å². The van der Waals surface area contributed by atoms with Crippen LogP contribution in [0.15, 0.2) is 47.6 Å². The van der Waals surface area contributed by atoms with E-state index in [0.717, 1.165) is 24.2 Å². The van der Waals surface area contributed by atoms with Crippen molar-refractivity contribution in [3.63, 3.8) is 0 Å². The van der Waals surface area contributed by atoms with Crippen LogP contribution < -0.4 is 24.4 Å². The van der Waals surface area contributed by atoms with Gasteiger partial charge in [-0.25, -0.2) is 5.43 Å². The van der Waals surface area contributed by atoms with Crippen molar-refractivity contribution in [2.24, 2.45) is 5.10 Å². The third-order valence-electron chi connectivity index (χ3n) is 3.93. The number of rotatable bonds is 9. The minimum atomic E-state index is -0.350. The third-order valence-corrected chi connectivity index (χ3v) is 3.93. The molecule has 3 rings (SSSR count). The van der Waals surface area contributed by atoms with Crippen LogP contribution in [-0.2, 0) is 4.79 Å². The van der Waals surface area contributed by atoms with Gasteiger partial charge >= 0.3 is 0 Å². The first-order valence-electron chi connectivity index (χ1n) is 9.32. The van der Waals surface area contributed by atoms with Gasteiger partial charge in [-0.15, -0.1) is 0 Å². The summed E-state index contributed by atoms with van der Waals surface area (Å²) in [5, 5.41) is 3.94. The van der Waals surface area contributed by atoms with Gasteiger partial charge in [0.25, 0.3) is 5.91 Å². The van der Waals surface area contributed by atoms with Gasteiger partial charge < -0.3 is 18.9 Å². The van der Waals surface area contributed by atoms with Crippen molar-refractivity contribution in [2.45, 2.75) is 19.8 Å². The van der Waals surface area contributed by atoms with E-state index in [4.69, 9.17) is 18.9 Å². The van der Waals surface area contributed by atoms with Crippen molar-refractivity contribution >= 4 is 12.1 Å². The molecule has 1 heterocycles. The van der Waals surface area contributed by atoms with Gasteiger partial charge in [0.2, 0.25) is 0 Å². The van der Waals surface area contributed by atoms with Gasteiger partial charge in [0.1, 0.15) is 24.7 Å². The molecular formula is C21H24N2O5. The van der Waals surface area contributed by atoms with Crippen molar-refractivity contribution in [3.8, 4) is 23.0 Å². The average molecular weight is 384 g/mol. The Morgan fingerprint density at radius 1 is 1.07 bits per heavy atom. The lowest BCUT2D eigenvalue weighted by Gasteiger charge is -2.18. The Bertz CT molecular complexity index is 805. The number of hydrazone groups is 1. The molecule has 0 atom stereocenters. The second kappa shape index (κ2) is 10.2. The van der Waals surface area contributed by atoms with E-state index < -0.39 is 0 Å². The Labute approximate surface area is 164 Å². The number of nitrogens with one attached hydrogen (secondary N) is 1. The van der Waals surface area contributed by atoms with Crippen LogP contribution in [0.5, 0.6) is 23.0 Å². The number of fused-ring (bicyclic) bond motifs is 1. The highest BCUT2D eigenvalue weighted by Crippen LogP contribution is 2.30. The minimum absolute atomic E-state index is 0.130. The van der Waals surface area contributed by atoms with Crippen LogP contribution in [0.25, 0.3) is 0 Å². The molecule has 0 aromatic heterocycles. The van der Waals surface area contributed by atoms with Gasteiger partial charge in [-0.1, -0.05) is 13.3 Å². The Hall–Kier alpha value is -3.22. The van der Waals surface area contributed by atoms with E-state index in [1.165, 1.54) is 0 Å². The summed E-state index contributed by atoms with van der Waals surface area (Å²) in [6, 6.07) is 12.6. The summed E-state index contributed by atoms with van der Waals surface area (Å²) < 4.78 is 22.0. The zero-order chi connectivity index (χ0) is 19.6. The maximum absolute atomic E-state index is 11.9. The van der Waals surface area contributed by atoms with Crippen molar-refractivity contribution < 1.29 is 23.7 Å². The van der Waals surface area contributed by atoms with Gasteiger partial charge in [0.05, 0.1) is 12.8 Å². The standard InChI is InChI=1S/C21H24N2O5/c1-2-3-10-25-17-5-7-18(8-6-17)28-15-21(24)23-22-14-16-4-9-19-20(13-16)27-12-11-26-19/h4-9,13-14H,2-3,10-12,15H2,1H3,(H,23,24)/b22-14+. The Kier molecular flexibility index (Phi) is 7.12. The number of unbranched alkanes of at least 4 members (excludes halogenated alkanes) is 1. The molecule has 0 radical (unpaired) electrons. The van der Waals surface area contributed by atoms with E-state index in [1.54, 1.807) is 18.3 Å². The first-order chi connectivity index (χ1) is 13.7. The van der Waals surface area contributed by atoms with E-state index >= 15 is 0 Å². The van der Waals surface area contributed by atoms with Crippen LogP contribution in [0, 0.1) is 0 Å². The number of carbonyl (C=O) groups excluding carboxylic acids is 1. The summed E-state index contributed by atoms with van der Waals surface area (Å²) >= 11 is 0. The molecule has 1 amide bonds. The number of hydrogen-bond acceptors (Lipinski definition) is 6. The molecule has 7 nitrogen and oxygen atoms in total. The summed E-state index contributed by atoms with van der Waals surface area (Å²) in [6.07, 6.45) is 3.65. The number of hydrogen-bond donors (Lipinski definition) is 1. The van der Waals surface area contributed by atoms with Crippen LogP contribution in [0.2, 0.25) is 0 Å². The molecule has 148 valence electrons. The maximum Gasteiger partial charge on any atom is 0.277 e. The van der Waals surface area contributed by atoms with Crippen molar-refractivity contribution in [1.82, 2.24) is 5.43 Å². The topological polar surface area (TPSA) is 78.4 Å². The van der Waals surface area contributed by atoms with Gasteiger partial charge in [-0.2, -0.15) is 5.10 Å². The largest absolute Gasteiger partial charge is 0.494 e. The SMILES string of the molecule is CCCCOc1ccc(OCC(=O)N/N=C/c2ccc3c(c2)OCCO3)cc1. The molecular weight excluding hydrogens is 360 g/mol. The highest BCUT2D eigenvalue weighted by molar-refractivity contribution is 5.83. The Morgan fingerprint density at radius 3 is 2.54 bits per heavy atom. The quantitative estimate of drug-likeness (QED) is 0.408. The van der Waals surface area contributed by atoms with Gasteiger partial charge in [-0.05, 0) is 54.4 Å². The van der Waals surface area contributed by atoms with E-state index in [9.17, 15) is 4.79 Å². The molecule has 2 aromatic rings. The van der Waals surface area contributed by atoms with Crippen LogP contribution in [0.3, 0.4) is 0 Å². The van der Waals surface area contributed by atoms with E-state index in [-0.39, 0.29) is 12.5 Å². The zero-order valence-electron chi connectivity index (χ0n) is 15.8. The number of ether oxygens (including phenoxy) is 4. The predicted molar refractivity (Wildman–Crippen MR) is 106 cm³/mol. The highest BCUT2D eigenvalue weighted by Gasteiger charge is 2.11. The first-order valence-corrected chi connectivity index (χ1v) is 9.32. The zero-order valence-corrected chi connectivity index (χ0v) is 15.8. The predicted octanol–water partition coefficient (Wildman–Crippen LogP) is 3.17. The molecule has 0 bridgehead atoms. The van der Waals surface area contributed by atoms with E-state index in [2.05, 4.69) is 17.5 Å². The molecule has 0 fully saturated rings. The van der Waals surface area contributed by atoms with Gasteiger partial charge in [0.15, 0.2) is 18.1 Å². The summed E-state index contributed by atoms with van der Waals surface area (Å²) in [7, 11) is 0. The molecule has 1 aliphatic rings. The van der Waals surface area contributed by atoms with Gasteiger partial charge in [0, 0.05) is 0 Å². The lowest BCUT2D eigenvalue weighted by Crippen LogP contribution is -2.24. The smallest absolute Gasteiger partial charge is 0.277 e. The van der Waals surface area contributed by atoms with Crippen LogP contribution in [0.4, 0.5) is 0 Å². The minimum Gasteiger partial charge on any atom is -0.494 e. The lowest BCUT2D eigenvalue weighted by molar-refractivity contribution is -0.123. The van der Waals surface area contributed by atoms with E-state index in [1.807, 2.05) is 30.3 Å². The molecule has 7 heteroatoms. The second-order valence-electron chi connectivity index (χ2n) is 6.16. The molecule has 0 saturated heterocycles. The lowest BCUT2D eigenvalue weighted by atomic mass is 10.2. The molecule has 2 aromatic carbocycles. The van der Waals surface area contributed by atoms with Crippen LogP contribution in [0.1, 0.15) is 25.3 Å². The molecule has 1 aliphatic heterocycles. The Morgan fingerprint density at radius 2 is 1.79 bits per heavy atom. The number of nitrogens with zero attached hydrogens (tertiary/aromatic N) is 1. The molecule has 0 unspecified atom stereocenters. The first kappa shape index (κ1) is 19.5. The monoisotopic (exact) mass is 384 g/mol. The Balaban J connectivity index is 1.41. The average Bonchev–Trinajstić information content (AvgIpc) is 2.73. The fourth-order valence-electron chi connectivity index (χ4n) is 2.47. The molecule has 0 spiro atoms. The second-order valence-corrected chi connectivity index (χ2v) is 6.16. The molecule has 0 saturated carbocycles. The van der Waals surface area contributed by atoms with E-state index in [0.29, 0.717) is 37.1 Å². The summed E-state index contributed by atoms with van der Waals surface area (Å²) in [5.41, 5.74) is 3.23. The number of benzene rings is 2. The highest BCUT2D eigenvalue weighted by atomic mass is 16.6. The van der Waals surface area contributed by atoms with Crippen molar-refractivity contribution in [2.75, 3.05) is 26.4 Å². The fraction of sp³-hybridized carbons (Fsp3) is 0.333. The van der Waals surface area contributed by atoms with Crippen LogP contribution >= 0.6 is 0 Å². The number of carbonyl (C=O) groups is 1. The maximum atomic E-state index is 11.9.